The van der Waals surface area contributed by atoms with Crippen molar-refractivity contribution in [2.75, 3.05) is 25.4 Å². The number of nitrogens with two attached hydrogens (primary N) is 1. The standard InChI is InChI=1S/C13H17N3O2/c1-2-15-8-13(18)16(9-12(15)17)7-10-4-3-5-11(14)6-10/h3-6H,2,7-9,14H2,1H3. The van der Waals surface area contributed by atoms with Gasteiger partial charge in [0, 0.05) is 18.8 Å². The lowest BCUT2D eigenvalue weighted by atomic mass is 10.1. The Morgan fingerprint density at radius 1 is 1.17 bits per heavy atom. The Morgan fingerprint density at radius 3 is 2.50 bits per heavy atom. The second kappa shape index (κ2) is 5.08. The molecule has 1 aromatic rings. The normalized spacial score (nSPS) is 16.3. The van der Waals surface area contributed by atoms with Gasteiger partial charge in [0.2, 0.25) is 11.8 Å². The van der Waals surface area contributed by atoms with Crippen molar-refractivity contribution in [1.29, 1.82) is 0 Å². The van der Waals surface area contributed by atoms with Crippen LogP contribution in [0.1, 0.15) is 12.5 Å². The Labute approximate surface area is 106 Å². The van der Waals surface area contributed by atoms with Crippen LogP contribution in [0.2, 0.25) is 0 Å². The van der Waals surface area contributed by atoms with E-state index in [2.05, 4.69) is 0 Å². The molecule has 0 bridgehead atoms. The van der Waals surface area contributed by atoms with Gasteiger partial charge in [-0.3, -0.25) is 9.59 Å². The van der Waals surface area contributed by atoms with Crippen molar-refractivity contribution in [2.45, 2.75) is 13.5 Å². The van der Waals surface area contributed by atoms with E-state index in [9.17, 15) is 9.59 Å². The van der Waals surface area contributed by atoms with Crippen LogP contribution in [0, 0.1) is 0 Å². The third-order valence-electron chi connectivity index (χ3n) is 3.06. The van der Waals surface area contributed by atoms with Gasteiger partial charge in [0.1, 0.15) is 6.54 Å². The summed E-state index contributed by atoms with van der Waals surface area (Å²) in [7, 11) is 0. The molecule has 1 saturated heterocycles. The number of piperazine rings is 1. The van der Waals surface area contributed by atoms with E-state index in [1.165, 1.54) is 0 Å². The van der Waals surface area contributed by atoms with E-state index >= 15 is 0 Å². The van der Waals surface area contributed by atoms with E-state index in [1.807, 2.05) is 25.1 Å². The summed E-state index contributed by atoms with van der Waals surface area (Å²) in [5.74, 6) is -0.0140. The molecule has 0 atom stereocenters. The first-order valence-electron chi connectivity index (χ1n) is 6.00. The number of hydrogen-bond acceptors (Lipinski definition) is 3. The molecule has 2 rings (SSSR count). The molecule has 5 nitrogen and oxygen atoms in total. The first-order chi connectivity index (χ1) is 8.60. The highest BCUT2D eigenvalue weighted by atomic mass is 16.2. The zero-order chi connectivity index (χ0) is 13.1. The molecule has 1 heterocycles. The van der Waals surface area contributed by atoms with E-state index in [0.29, 0.717) is 18.8 Å². The lowest BCUT2D eigenvalue weighted by Gasteiger charge is -2.33. The van der Waals surface area contributed by atoms with E-state index in [0.717, 1.165) is 5.56 Å². The van der Waals surface area contributed by atoms with Crippen LogP contribution in [0.15, 0.2) is 24.3 Å². The van der Waals surface area contributed by atoms with Crippen LogP contribution in [-0.2, 0) is 16.1 Å². The molecule has 1 fully saturated rings. The Hall–Kier alpha value is -2.04. The number of hydrogen-bond donors (Lipinski definition) is 1. The molecular weight excluding hydrogens is 230 g/mol. The highest BCUT2D eigenvalue weighted by molar-refractivity contribution is 5.92. The lowest BCUT2D eigenvalue weighted by Crippen LogP contribution is -2.53. The number of benzene rings is 1. The zero-order valence-corrected chi connectivity index (χ0v) is 10.4. The van der Waals surface area contributed by atoms with Gasteiger partial charge < -0.3 is 15.5 Å². The number of likely N-dealkylation sites (N-methyl/N-ethyl adjacent to an activating group) is 1. The number of carbonyl (C=O) groups is 2. The zero-order valence-electron chi connectivity index (χ0n) is 10.4. The van der Waals surface area contributed by atoms with Gasteiger partial charge in [-0.15, -0.1) is 0 Å². The van der Waals surface area contributed by atoms with Crippen LogP contribution >= 0.6 is 0 Å². The van der Waals surface area contributed by atoms with Gasteiger partial charge >= 0.3 is 0 Å². The minimum atomic E-state index is -0.0149. The molecule has 0 saturated carbocycles. The van der Waals surface area contributed by atoms with Gasteiger partial charge in [0.05, 0.1) is 6.54 Å². The quantitative estimate of drug-likeness (QED) is 0.789. The molecule has 1 aliphatic rings. The first kappa shape index (κ1) is 12.4. The van der Waals surface area contributed by atoms with Crippen molar-refractivity contribution in [3.8, 4) is 0 Å². The summed E-state index contributed by atoms with van der Waals surface area (Å²) < 4.78 is 0. The Bertz CT molecular complexity index is 473. The number of amides is 2. The van der Waals surface area contributed by atoms with Gasteiger partial charge in [-0.05, 0) is 24.6 Å². The minimum absolute atomic E-state index is 0.000929. The van der Waals surface area contributed by atoms with Crippen molar-refractivity contribution < 1.29 is 9.59 Å². The highest BCUT2D eigenvalue weighted by Crippen LogP contribution is 2.12. The van der Waals surface area contributed by atoms with Gasteiger partial charge in [0.15, 0.2) is 0 Å². The fourth-order valence-electron chi connectivity index (χ4n) is 2.05. The fourth-order valence-corrected chi connectivity index (χ4v) is 2.05. The molecule has 0 aliphatic carbocycles. The molecule has 2 N–H and O–H groups in total. The third kappa shape index (κ3) is 2.61. The molecular formula is C13H17N3O2. The van der Waals surface area contributed by atoms with E-state index in [1.54, 1.807) is 15.9 Å². The molecule has 18 heavy (non-hydrogen) atoms. The summed E-state index contributed by atoms with van der Waals surface area (Å²) in [5.41, 5.74) is 7.30. The van der Waals surface area contributed by atoms with Crippen LogP contribution in [0.5, 0.6) is 0 Å². The summed E-state index contributed by atoms with van der Waals surface area (Å²) in [6.45, 7) is 3.22. The summed E-state index contributed by atoms with van der Waals surface area (Å²) >= 11 is 0. The molecule has 0 unspecified atom stereocenters. The maximum Gasteiger partial charge on any atom is 0.242 e. The summed E-state index contributed by atoms with van der Waals surface area (Å²) in [4.78, 5) is 26.8. The molecule has 5 heteroatoms. The Balaban J connectivity index is 2.06. The van der Waals surface area contributed by atoms with Crippen molar-refractivity contribution in [1.82, 2.24) is 9.80 Å². The first-order valence-corrected chi connectivity index (χ1v) is 6.00. The van der Waals surface area contributed by atoms with Gasteiger partial charge in [-0.1, -0.05) is 12.1 Å². The van der Waals surface area contributed by atoms with Gasteiger partial charge in [-0.2, -0.15) is 0 Å². The summed E-state index contributed by atoms with van der Waals surface area (Å²) in [6, 6.07) is 7.37. The number of nitrogens with zero attached hydrogens (tertiary/aromatic N) is 2. The minimum Gasteiger partial charge on any atom is -0.399 e. The van der Waals surface area contributed by atoms with E-state index in [-0.39, 0.29) is 24.9 Å². The molecule has 0 radical (unpaired) electrons. The van der Waals surface area contributed by atoms with Crippen molar-refractivity contribution in [3.05, 3.63) is 29.8 Å². The summed E-state index contributed by atoms with van der Waals surface area (Å²) in [6.07, 6.45) is 0. The van der Waals surface area contributed by atoms with Crippen LogP contribution in [0.3, 0.4) is 0 Å². The molecule has 96 valence electrons. The van der Waals surface area contributed by atoms with Crippen LogP contribution in [0.25, 0.3) is 0 Å². The van der Waals surface area contributed by atoms with Crippen LogP contribution in [0.4, 0.5) is 5.69 Å². The Morgan fingerprint density at radius 2 is 1.83 bits per heavy atom. The molecule has 1 aliphatic heterocycles. The molecule has 1 aromatic carbocycles. The van der Waals surface area contributed by atoms with Gasteiger partial charge in [0.25, 0.3) is 0 Å². The molecule has 0 aromatic heterocycles. The molecule has 0 spiro atoms. The van der Waals surface area contributed by atoms with E-state index < -0.39 is 0 Å². The SMILES string of the molecule is CCN1CC(=O)N(Cc2cccc(N)c2)CC1=O. The van der Waals surface area contributed by atoms with E-state index in [4.69, 9.17) is 5.73 Å². The highest BCUT2D eigenvalue weighted by Gasteiger charge is 2.28. The topological polar surface area (TPSA) is 66.6 Å². The average molecular weight is 247 g/mol. The number of nitrogen functional groups attached to an aromatic ring is 1. The third-order valence-corrected chi connectivity index (χ3v) is 3.06. The average Bonchev–Trinajstić information content (AvgIpc) is 2.33. The van der Waals surface area contributed by atoms with Gasteiger partial charge in [-0.25, -0.2) is 0 Å². The van der Waals surface area contributed by atoms with Crippen molar-refractivity contribution in [3.63, 3.8) is 0 Å². The maximum absolute atomic E-state index is 11.9. The second-order valence-electron chi connectivity index (χ2n) is 4.40. The molecule has 2 amide bonds. The summed E-state index contributed by atoms with van der Waals surface area (Å²) in [5, 5.41) is 0. The van der Waals surface area contributed by atoms with Crippen molar-refractivity contribution >= 4 is 17.5 Å². The maximum atomic E-state index is 11.9. The number of anilines is 1. The number of carbonyl (C=O) groups excluding carboxylic acids is 2. The fraction of sp³-hybridized carbons (Fsp3) is 0.385. The smallest absolute Gasteiger partial charge is 0.242 e. The number of rotatable bonds is 3. The van der Waals surface area contributed by atoms with Crippen molar-refractivity contribution in [2.24, 2.45) is 0 Å². The predicted octanol–water partition coefficient (Wildman–Crippen LogP) is 0.459. The van der Waals surface area contributed by atoms with Crippen LogP contribution in [-0.4, -0.2) is 41.2 Å². The van der Waals surface area contributed by atoms with Crippen LogP contribution < -0.4 is 5.73 Å². The second-order valence-corrected chi connectivity index (χ2v) is 4.40. The largest absolute Gasteiger partial charge is 0.399 e. The Kier molecular flexibility index (Phi) is 3.50. The monoisotopic (exact) mass is 247 g/mol. The lowest BCUT2D eigenvalue weighted by molar-refractivity contribution is -0.150. The predicted molar refractivity (Wildman–Crippen MR) is 68.5 cm³/mol.